The van der Waals surface area contributed by atoms with E-state index in [0.29, 0.717) is 5.92 Å². The van der Waals surface area contributed by atoms with Crippen molar-refractivity contribution in [3.63, 3.8) is 0 Å². The number of rotatable bonds is 6. The molecule has 0 aliphatic rings. The number of nitrogens with one attached hydrogen (secondary N) is 2. The summed E-state index contributed by atoms with van der Waals surface area (Å²) < 4.78 is 0. The minimum Gasteiger partial charge on any atom is -0.356 e. The third-order valence-corrected chi connectivity index (χ3v) is 3.62. The zero-order valence-electron chi connectivity index (χ0n) is 11.8. The molecule has 0 spiro atoms. The Morgan fingerprint density at radius 1 is 1.44 bits per heavy atom. The van der Waals surface area contributed by atoms with E-state index in [1.165, 1.54) is 5.01 Å². The van der Waals surface area contributed by atoms with Gasteiger partial charge in [-0.15, -0.1) is 11.3 Å². The van der Waals surface area contributed by atoms with Crippen molar-refractivity contribution < 1.29 is 0 Å². The number of thiazole rings is 1. The summed E-state index contributed by atoms with van der Waals surface area (Å²) >= 11 is 1.72. The van der Waals surface area contributed by atoms with Crippen molar-refractivity contribution >= 4 is 17.3 Å². The molecule has 0 bridgehead atoms. The zero-order chi connectivity index (χ0) is 13.4. The molecule has 0 radical (unpaired) electrons. The molecule has 102 valence electrons. The molecule has 0 amide bonds. The summed E-state index contributed by atoms with van der Waals surface area (Å²) in [6.45, 7) is 8.26. The topological polar surface area (TPSA) is 49.3 Å². The van der Waals surface area contributed by atoms with Crippen LogP contribution in [0.15, 0.2) is 10.4 Å². The van der Waals surface area contributed by atoms with Crippen molar-refractivity contribution in [2.24, 2.45) is 10.9 Å². The predicted molar refractivity (Wildman–Crippen MR) is 79.1 cm³/mol. The van der Waals surface area contributed by atoms with Crippen LogP contribution in [0.2, 0.25) is 0 Å². The largest absolute Gasteiger partial charge is 0.356 e. The van der Waals surface area contributed by atoms with Crippen LogP contribution in [0.25, 0.3) is 0 Å². The van der Waals surface area contributed by atoms with Gasteiger partial charge in [-0.1, -0.05) is 20.8 Å². The smallest absolute Gasteiger partial charge is 0.191 e. The van der Waals surface area contributed by atoms with E-state index >= 15 is 0 Å². The maximum Gasteiger partial charge on any atom is 0.191 e. The summed E-state index contributed by atoms with van der Waals surface area (Å²) in [4.78, 5) is 8.71. The standard InChI is InChI=1S/C13H24N4S/c1-5-12-17-11(9-18-12)8-16-13(14-4)15-7-6-10(2)3/h9-10H,5-8H2,1-4H3,(H2,14,15,16). The Morgan fingerprint density at radius 2 is 2.22 bits per heavy atom. The van der Waals surface area contributed by atoms with Gasteiger partial charge in [-0.25, -0.2) is 4.98 Å². The third-order valence-electron chi connectivity index (χ3n) is 2.58. The van der Waals surface area contributed by atoms with Crippen LogP contribution in [0, 0.1) is 5.92 Å². The molecule has 1 aromatic heterocycles. The molecular formula is C13H24N4S. The molecule has 1 heterocycles. The lowest BCUT2D eigenvalue weighted by Crippen LogP contribution is -2.37. The third kappa shape index (κ3) is 5.49. The summed E-state index contributed by atoms with van der Waals surface area (Å²) in [5, 5.41) is 9.88. The maximum atomic E-state index is 4.52. The Hall–Kier alpha value is -1.10. The number of guanidine groups is 1. The number of hydrogen-bond acceptors (Lipinski definition) is 3. The van der Waals surface area contributed by atoms with Crippen molar-refractivity contribution in [3.05, 3.63) is 16.1 Å². The lowest BCUT2D eigenvalue weighted by Gasteiger charge is -2.11. The quantitative estimate of drug-likeness (QED) is 0.615. The number of hydrogen-bond donors (Lipinski definition) is 2. The van der Waals surface area contributed by atoms with Gasteiger partial charge in [0.05, 0.1) is 17.2 Å². The molecule has 0 saturated carbocycles. The monoisotopic (exact) mass is 268 g/mol. The van der Waals surface area contributed by atoms with Crippen molar-refractivity contribution in [3.8, 4) is 0 Å². The van der Waals surface area contributed by atoms with Gasteiger partial charge in [0.2, 0.25) is 0 Å². The Balaban J connectivity index is 2.31. The zero-order valence-corrected chi connectivity index (χ0v) is 12.6. The summed E-state index contributed by atoms with van der Waals surface area (Å²) in [5.74, 6) is 1.56. The molecule has 1 rings (SSSR count). The van der Waals surface area contributed by atoms with E-state index in [2.05, 4.69) is 46.8 Å². The summed E-state index contributed by atoms with van der Waals surface area (Å²) in [7, 11) is 1.79. The number of aryl methyl sites for hydroxylation is 1. The Morgan fingerprint density at radius 3 is 2.78 bits per heavy atom. The highest BCUT2D eigenvalue weighted by Crippen LogP contribution is 2.09. The normalized spacial score (nSPS) is 11.9. The van der Waals surface area contributed by atoms with Crippen LogP contribution in [-0.4, -0.2) is 24.5 Å². The van der Waals surface area contributed by atoms with Crippen molar-refractivity contribution in [2.45, 2.75) is 40.2 Å². The molecule has 0 aliphatic carbocycles. The fourth-order valence-electron chi connectivity index (χ4n) is 1.47. The average molecular weight is 268 g/mol. The van der Waals surface area contributed by atoms with Gasteiger partial charge >= 0.3 is 0 Å². The van der Waals surface area contributed by atoms with E-state index in [9.17, 15) is 0 Å². The molecule has 0 unspecified atom stereocenters. The van der Waals surface area contributed by atoms with Crippen LogP contribution in [-0.2, 0) is 13.0 Å². The van der Waals surface area contributed by atoms with Crippen molar-refractivity contribution in [1.29, 1.82) is 0 Å². The van der Waals surface area contributed by atoms with Crippen molar-refractivity contribution in [1.82, 2.24) is 15.6 Å². The molecule has 0 saturated heterocycles. The second kappa shape index (κ2) is 8.08. The summed E-state index contributed by atoms with van der Waals surface area (Å²) in [6, 6.07) is 0. The van der Waals surface area contributed by atoms with E-state index in [1.807, 2.05) is 0 Å². The maximum absolute atomic E-state index is 4.52. The Labute approximate surface area is 114 Å². The Bertz CT molecular complexity index is 371. The lowest BCUT2D eigenvalue weighted by atomic mass is 10.1. The molecule has 0 atom stereocenters. The molecule has 0 aliphatic heterocycles. The van der Waals surface area contributed by atoms with E-state index < -0.39 is 0 Å². The van der Waals surface area contributed by atoms with Gasteiger partial charge in [-0.2, -0.15) is 0 Å². The van der Waals surface area contributed by atoms with Gasteiger partial charge in [-0.3, -0.25) is 4.99 Å². The number of nitrogens with zero attached hydrogens (tertiary/aromatic N) is 2. The molecule has 1 aromatic rings. The van der Waals surface area contributed by atoms with E-state index in [-0.39, 0.29) is 0 Å². The fraction of sp³-hybridized carbons (Fsp3) is 0.692. The van der Waals surface area contributed by atoms with Gasteiger partial charge < -0.3 is 10.6 Å². The molecular weight excluding hydrogens is 244 g/mol. The van der Waals surface area contributed by atoms with Crippen LogP contribution in [0.5, 0.6) is 0 Å². The average Bonchev–Trinajstić information content (AvgIpc) is 2.81. The highest BCUT2D eigenvalue weighted by atomic mass is 32.1. The molecule has 2 N–H and O–H groups in total. The summed E-state index contributed by atoms with van der Waals surface area (Å²) in [5.41, 5.74) is 1.09. The van der Waals surface area contributed by atoms with Crippen LogP contribution < -0.4 is 10.6 Å². The lowest BCUT2D eigenvalue weighted by molar-refractivity contribution is 0.573. The first-order chi connectivity index (χ1) is 8.65. The molecule has 5 heteroatoms. The minimum absolute atomic E-state index is 0.709. The molecule has 0 fully saturated rings. The fourth-order valence-corrected chi connectivity index (χ4v) is 2.21. The highest BCUT2D eigenvalue weighted by molar-refractivity contribution is 7.09. The van der Waals surface area contributed by atoms with Gasteiger partial charge in [0.1, 0.15) is 0 Å². The van der Waals surface area contributed by atoms with Crippen LogP contribution in [0.4, 0.5) is 0 Å². The summed E-state index contributed by atoms with van der Waals surface area (Å²) in [6.07, 6.45) is 2.16. The van der Waals surface area contributed by atoms with Crippen molar-refractivity contribution in [2.75, 3.05) is 13.6 Å². The molecule has 0 aromatic carbocycles. The number of aliphatic imine (C=N–C) groups is 1. The van der Waals surface area contributed by atoms with Gasteiger partial charge in [0.25, 0.3) is 0 Å². The van der Waals surface area contributed by atoms with E-state index in [0.717, 1.165) is 37.6 Å². The Kier molecular flexibility index (Phi) is 6.72. The second-order valence-electron chi connectivity index (χ2n) is 4.62. The first-order valence-corrected chi connectivity index (χ1v) is 7.41. The van der Waals surface area contributed by atoms with Gasteiger partial charge in [0, 0.05) is 19.0 Å². The van der Waals surface area contributed by atoms with E-state index in [1.54, 1.807) is 18.4 Å². The van der Waals surface area contributed by atoms with Gasteiger partial charge in [0.15, 0.2) is 5.96 Å². The van der Waals surface area contributed by atoms with Crippen LogP contribution in [0.1, 0.15) is 37.9 Å². The first-order valence-electron chi connectivity index (χ1n) is 6.53. The van der Waals surface area contributed by atoms with Crippen LogP contribution >= 0.6 is 11.3 Å². The van der Waals surface area contributed by atoms with E-state index in [4.69, 9.17) is 0 Å². The highest BCUT2D eigenvalue weighted by Gasteiger charge is 2.02. The first kappa shape index (κ1) is 15.0. The minimum atomic E-state index is 0.709. The second-order valence-corrected chi connectivity index (χ2v) is 5.56. The van der Waals surface area contributed by atoms with Gasteiger partial charge in [-0.05, 0) is 18.8 Å². The number of aromatic nitrogens is 1. The SMILES string of the molecule is CCc1nc(CNC(=NC)NCCC(C)C)cs1. The molecule has 4 nitrogen and oxygen atoms in total. The van der Waals surface area contributed by atoms with Crippen LogP contribution in [0.3, 0.4) is 0 Å². The predicted octanol–water partition coefficient (Wildman–Crippen LogP) is 2.42. The molecule has 18 heavy (non-hydrogen) atoms.